The quantitative estimate of drug-likeness (QED) is 0.0999. The predicted octanol–water partition coefficient (Wildman–Crippen LogP) is 7.93. The molecule has 2 aromatic carbocycles. The lowest BCUT2D eigenvalue weighted by molar-refractivity contribution is -0.115. The first kappa shape index (κ1) is 32.1. The number of benzene rings is 2. The number of hydrogen-bond donors (Lipinski definition) is 1. The summed E-state index contributed by atoms with van der Waals surface area (Å²) in [7, 11) is 3.14. The van der Waals surface area contributed by atoms with E-state index in [1.54, 1.807) is 27.2 Å². The first-order chi connectivity index (χ1) is 22.0. The van der Waals surface area contributed by atoms with Gasteiger partial charge in [-0.15, -0.1) is 23.1 Å². The van der Waals surface area contributed by atoms with Gasteiger partial charge in [-0.05, 0) is 50.3 Å². The van der Waals surface area contributed by atoms with Gasteiger partial charge in [0.2, 0.25) is 5.91 Å². The molecule has 4 aromatic rings. The molecule has 10 heteroatoms. The molecule has 0 aliphatic heterocycles. The number of carbonyl (C=O) groups excluding carboxylic acids is 2. The van der Waals surface area contributed by atoms with E-state index in [4.69, 9.17) is 19.2 Å². The van der Waals surface area contributed by atoms with Crippen LogP contribution in [0.3, 0.4) is 0 Å². The minimum absolute atomic E-state index is 0.162. The van der Waals surface area contributed by atoms with Gasteiger partial charge in [-0.2, -0.15) is 5.26 Å². The molecule has 232 valence electrons. The van der Waals surface area contributed by atoms with Crippen LogP contribution in [0.4, 0.5) is 5.00 Å². The standard InChI is InChI=1S/C35H35N3O5S2/c1-4-43-35(40)31-24-14-9-6-10-17-29(24)45-34(31)38-30(39)18-19-44-33-26(21-36)25(20-27(37-33)22-12-7-5-8-13-22)23-15-11-16-28(41-2)32(23)42-3/h5,7-8,11-13,15-16,20H,4,6,9-10,14,17-19H2,1-3H3,(H,38,39). The smallest absolute Gasteiger partial charge is 0.341 e. The summed E-state index contributed by atoms with van der Waals surface area (Å²) in [5.41, 5.74) is 4.86. The number of para-hydroxylation sites is 1. The third-order valence-corrected chi connectivity index (χ3v) is 9.77. The van der Waals surface area contributed by atoms with E-state index < -0.39 is 0 Å². The first-order valence-electron chi connectivity index (χ1n) is 14.9. The third kappa shape index (κ3) is 7.16. The van der Waals surface area contributed by atoms with Gasteiger partial charge in [0.15, 0.2) is 11.5 Å². The normalized spacial score (nSPS) is 12.4. The highest BCUT2D eigenvalue weighted by molar-refractivity contribution is 7.99. The molecule has 5 rings (SSSR count). The summed E-state index contributed by atoms with van der Waals surface area (Å²) in [6, 6.07) is 19.5. The molecular weight excluding hydrogens is 607 g/mol. The van der Waals surface area contributed by atoms with E-state index in [-0.39, 0.29) is 24.9 Å². The van der Waals surface area contributed by atoms with Gasteiger partial charge in [-0.3, -0.25) is 4.79 Å². The molecule has 0 saturated carbocycles. The number of rotatable bonds is 11. The van der Waals surface area contributed by atoms with E-state index in [0.717, 1.165) is 48.1 Å². The molecule has 1 N–H and O–H groups in total. The molecule has 0 saturated heterocycles. The van der Waals surface area contributed by atoms with Gasteiger partial charge in [-0.25, -0.2) is 9.78 Å². The summed E-state index contributed by atoms with van der Waals surface area (Å²) in [6.45, 7) is 2.05. The lowest BCUT2D eigenvalue weighted by Crippen LogP contribution is -2.15. The summed E-state index contributed by atoms with van der Waals surface area (Å²) >= 11 is 2.83. The number of carbonyl (C=O) groups is 2. The van der Waals surface area contributed by atoms with E-state index >= 15 is 0 Å². The van der Waals surface area contributed by atoms with Crippen LogP contribution in [0.25, 0.3) is 22.4 Å². The zero-order valence-corrected chi connectivity index (χ0v) is 27.2. The van der Waals surface area contributed by atoms with Crippen LogP contribution in [0.5, 0.6) is 11.5 Å². The molecule has 2 heterocycles. The molecule has 0 fully saturated rings. The Bertz CT molecular complexity index is 1730. The Morgan fingerprint density at radius 2 is 1.82 bits per heavy atom. The van der Waals surface area contributed by atoms with Crippen LogP contribution in [0.15, 0.2) is 59.6 Å². The molecule has 0 radical (unpaired) electrons. The van der Waals surface area contributed by atoms with Crippen LogP contribution in [-0.4, -0.2) is 43.4 Å². The molecule has 0 bridgehead atoms. The van der Waals surface area contributed by atoms with Crippen LogP contribution in [0.1, 0.15) is 59.0 Å². The van der Waals surface area contributed by atoms with Gasteiger partial charge >= 0.3 is 5.97 Å². The van der Waals surface area contributed by atoms with Crippen LogP contribution in [0.2, 0.25) is 0 Å². The third-order valence-electron chi connectivity index (χ3n) is 7.58. The molecule has 45 heavy (non-hydrogen) atoms. The molecule has 1 amide bonds. The van der Waals surface area contributed by atoms with Crippen molar-refractivity contribution in [2.24, 2.45) is 0 Å². The molecule has 0 atom stereocenters. The van der Waals surface area contributed by atoms with Crippen LogP contribution in [-0.2, 0) is 22.4 Å². The minimum Gasteiger partial charge on any atom is -0.493 e. The average molecular weight is 642 g/mol. The number of nitrogens with zero attached hydrogens (tertiary/aromatic N) is 2. The van der Waals surface area contributed by atoms with Crippen molar-refractivity contribution in [3.63, 3.8) is 0 Å². The van der Waals surface area contributed by atoms with E-state index in [1.807, 2.05) is 48.5 Å². The maximum atomic E-state index is 13.2. The van der Waals surface area contributed by atoms with E-state index in [1.165, 1.54) is 23.1 Å². The largest absolute Gasteiger partial charge is 0.493 e. The molecule has 8 nitrogen and oxygen atoms in total. The highest BCUT2D eigenvalue weighted by atomic mass is 32.2. The second-order valence-corrected chi connectivity index (χ2v) is 12.6. The molecule has 2 aromatic heterocycles. The Labute approximate surface area is 271 Å². The zero-order chi connectivity index (χ0) is 31.8. The minimum atomic E-state index is -0.386. The maximum Gasteiger partial charge on any atom is 0.341 e. The second-order valence-electron chi connectivity index (χ2n) is 10.4. The second kappa shape index (κ2) is 15.1. The van der Waals surface area contributed by atoms with Gasteiger partial charge in [-0.1, -0.05) is 48.9 Å². The van der Waals surface area contributed by atoms with Crippen molar-refractivity contribution < 1.29 is 23.8 Å². The van der Waals surface area contributed by atoms with Crippen molar-refractivity contribution in [3.8, 4) is 40.0 Å². The molecule has 0 unspecified atom stereocenters. The van der Waals surface area contributed by atoms with Crippen LogP contribution < -0.4 is 14.8 Å². The van der Waals surface area contributed by atoms with E-state index in [2.05, 4.69) is 11.4 Å². The lowest BCUT2D eigenvalue weighted by atomic mass is 9.98. The van der Waals surface area contributed by atoms with Crippen molar-refractivity contribution in [1.82, 2.24) is 4.98 Å². The summed E-state index contributed by atoms with van der Waals surface area (Å²) < 4.78 is 16.6. The number of nitrogens with one attached hydrogen (secondary N) is 1. The Morgan fingerprint density at radius 1 is 1.02 bits per heavy atom. The van der Waals surface area contributed by atoms with Crippen LogP contribution in [0, 0.1) is 11.3 Å². The van der Waals surface area contributed by atoms with Gasteiger partial charge in [0.25, 0.3) is 0 Å². The number of thioether (sulfide) groups is 1. The van der Waals surface area contributed by atoms with E-state index in [9.17, 15) is 14.9 Å². The number of nitriles is 1. The SMILES string of the molecule is CCOC(=O)c1c(NC(=O)CCSc2nc(-c3ccccc3)cc(-c3cccc(OC)c3OC)c2C#N)sc2c1CCCCC2. The van der Waals surface area contributed by atoms with Crippen molar-refractivity contribution in [2.45, 2.75) is 50.5 Å². The van der Waals surface area contributed by atoms with Crippen molar-refractivity contribution >= 4 is 40.0 Å². The van der Waals surface area contributed by atoms with Gasteiger partial charge in [0, 0.05) is 33.7 Å². The van der Waals surface area contributed by atoms with Crippen molar-refractivity contribution in [2.75, 3.05) is 31.9 Å². The van der Waals surface area contributed by atoms with Crippen molar-refractivity contribution in [3.05, 3.63) is 76.2 Å². The fraction of sp³-hybridized carbons (Fsp3) is 0.314. The summed E-state index contributed by atoms with van der Waals surface area (Å²) in [6.07, 6.45) is 5.08. The highest BCUT2D eigenvalue weighted by Gasteiger charge is 2.27. The number of anilines is 1. The number of methoxy groups -OCH3 is 2. The number of aromatic nitrogens is 1. The van der Waals surface area contributed by atoms with E-state index in [0.29, 0.717) is 55.2 Å². The zero-order valence-electron chi connectivity index (χ0n) is 25.6. The Balaban J connectivity index is 1.42. The maximum absolute atomic E-state index is 13.2. The van der Waals surface area contributed by atoms with Crippen molar-refractivity contribution in [1.29, 1.82) is 5.26 Å². The Kier molecular flexibility index (Phi) is 10.8. The van der Waals surface area contributed by atoms with Gasteiger partial charge in [0.05, 0.1) is 37.6 Å². The fourth-order valence-electron chi connectivity index (χ4n) is 5.48. The number of fused-ring (bicyclic) bond motifs is 1. The number of aryl methyl sites for hydroxylation is 1. The molecule has 1 aliphatic carbocycles. The van der Waals surface area contributed by atoms with Gasteiger partial charge < -0.3 is 19.5 Å². The highest BCUT2D eigenvalue weighted by Crippen LogP contribution is 2.42. The number of ether oxygens (including phenoxy) is 3. The summed E-state index contributed by atoms with van der Waals surface area (Å²) in [5, 5.41) is 14.4. The molecular formula is C35H35N3O5S2. The Morgan fingerprint density at radius 3 is 2.56 bits per heavy atom. The van der Waals surface area contributed by atoms with Gasteiger partial charge in [0.1, 0.15) is 16.1 Å². The fourth-order valence-corrected chi connectivity index (χ4v) is 7.72. The monoisotopic (exact) mass is 641 g/mol. The number of hydrogen-bond acceptors (Lipinski definition) is 9. The number of amides is 1. The summed E-state index contributed by atoms with van der Waals surface area (Å²) in [5.74, 6) is 0.847. The molecule has 1 aliphatic rings. The number of pyridine rings is 1. The lowest BCUT2D eigenvalue weighted by Gasteiger charge is -2.16. The predicted molar refractivity (Wildman–Crippen MR) is 178 cm³/mol. The number of esters is 1. The van der Waals surface area contributed by atoms with Crippen LogP contribution >= 0.6 is 23.1 Å². The molecule has 0 spiro atoms. The summed E-state index contributed by atoms with van der Waals surface area (Å²) in [4.78, 5) is 32.2. The average Bonchev–Trinajstić information content (AvgIpc) is 3.23. The Hall–Kier alpha value is -4.33. The number of thiophene rings is 1. The topological polar surface area (TPSA) is 111 Å². The first-order valence-corrected chi connectivity index (χ1v) is 16.7.